The number of aromatic nitrogens is 1. The Balaban J connectivity index is 3.09. The Kier molecular flexibility index (Phi) is 5.73. The molecule has 0 aromatic carbocycles. The van der Waals surface area contributed by atoms with Gasteiger partial charge in [0.15, 0.2) is 0 Å². The molecule has 0 aliphatic rings. The lowest BCUT2D eigenvalue weighted by molar-refractivity contribution is 0.415. The molecule has 8 heteroatoms. The predicted octanol–water partition coefficient (Wildman–Crippen LogP) is 2.76. The highest BCUT2D eigenvalue weighted by molar-refractivity contribution is 7.98. The summed E-state index contributed by atoms with van der Waals surface area (Å²) in [5.74, 6) is 0.713. The van der Waals surface area contributed by atoms with Gasteiger partial charge in [0.05, 0.1) is 5.02 Å². The lowest BCUT2D eigenvalue weighted by atomic mass is 10.4. The van der Waals surface area contributed by atoms with Gasteiger partial charge in [-0.25, -0.2) is 13.4 Å². The number of pyridine rings is 1. The maximum atomic E-state index is 12.3. The highest BCUT2D eigenvalue weighted by atomic mass is 35.5. The van der Waals surface area contributed by atoms with Gasteiger partial charge in [-0.3, -0.25) is 0 Å². The molecule has 1 heterocycles. The van der Waals surface area contributed by atoms with Gasteiger partial charge in [0.1, 0.15) is 10.0 Å². The van der Waals surface area contributed by atoms with Crippen LogP contribution < -0.4 is 0 Å². The number of nitrogens with zero attached hydrogens (tertiary/aromatic N) is 2. The van der Waals surface area contributed by atoms with Crippen LogP contribution in [0.25, 0.3) is 0 Å². The van der Waals surface area contributed by atoms with Crippen LogP contribution in [0.2, 0.25) is 10.2 Å². The van der Waals surface area contributed by atoms with Crippen molar-refractivity contribution in [2.75, 3.05) is 19.1 Å². The van der Waals surface area contributed by atoms with Crippen LogP contribution in [0.1, 0.15) is 6.92 Å². The lowest BCUT2D eigenvalue weighted by Gasteiger charge is -2.23. The molecular formula is C10H14Cl2N2O2S2. The third-order valence-corrected chi connectivity index (χ3v) is 5.92. The molecule has 1 aromatic rings. The van der Waals surface area contributed by atoms with Gasteiger partial charge in [0.25, 0.3) is 0 Å². The maximum Gasteiger partial charge on any atom is 0.244 e. The highest BCUT2D eigenvalue weighted by Crippen LogP contribution is 2.24. The molecule has 0 aliphatic carbocycles. The zero-order valence-electron chi connectivity index (χ0n) is 10.2. The number of hydrogen-bond acceptors (Lipinski definition) is 4. The minimum absolute atomic E-state index is 0.0485. The molecule has 0 amide bonds. The zero-order valence-corrected chi connectivity index (χ0v) is 13.4. The topological polar surface area (TPSA) is 50.3 Å². The van der Waals surface area contributed by atoms with Crippen LogP contribution in [0, 0.1) is 0 Å². The Hall–Kier alpha value is -0.0100. The average molecular weight is 329 g/mol. The van der Waals surface area contributed by atoms with Crippen molar-refractivity contribution in [3.05, 3.63) is 22.4 Å². The molecule has 102 valence electrons. The van der Waals surface area contributed by atoms with Gasteiger partial charge in [-0.1, -0.05) is 23.2 Å². The molecule has 0 aliphatic heterocycles. The van der Waals surface area contributed by atoms with Gasteiger partial charge in [-0.2, -0.15) is 16.1 Å². The summed E-state index contributed by atoms with van der Waals surface area (Å²) in [5, 5.41) is 0.221. The van der Waals surface area contributed by atoms with E-state index in [4.69, 9.17) is 23.2 Å². The van der Waals surface area contributed by atoms with E-state index in [1.54, 1.807) is 18.8 Å². The molecule has 1 aromatic heterocycles. The standard InChI is InChI=1S/C10H14Cl2N2O2S2/c1-7(6-17-3)14(2)18(15,16)8-4-9(11)10(12)13-5-8/h4-5,7H,6H2,1-3H3. The van der Waals surface area contributed by atoms with Gasteiger partial charge in [-0.15, -0.1) is 0 Å². The van der Waals surface area contributed by atoms with Crippen molar-refractivity contribution >= 4 is 45.0 Å². The van der Waals surface area contributed by atoms with Crippen molar-refractivity contribution in [2.45, 2.75) is 17.9 Å². The fourth-order valence-electron chi connectivity index (χ4n) is 1.29. The molecule has 0 saturated carbocycles. The molecule has 0 bridgehead atoms. The fraction of sp³-hybridized carbons (Fsp3) is 0.500. The van der Waals surface area contributed by atoms with Crippen LogP contribution in [-0.2, 0) is 10.0 Å². The van der Waals surface area contributed by atoms with Gasteiger partial charge in [0.2, 0.25) is 10.0 Å². The summed E-state index contributed by atoms with van der Waals surface area (Å²) >= 11 is 13.0. The van der Waals surface area contributed by atoms with E-state index in [9.17, 15) is 8.42 Å². The molecule has 1 atom stereocenters. The largest absolute Gasteiger partial charge is 0.244 e. The summed E-state index contributed by atoms with van der Waals surface area (Å²) in [5.41, 5.74) is 0. The van der Waals surface area contributed by atoms with E-state index in [1.165, 1.54) is 16.6 Å². The van der Waals surface area contributed by atoms with Crippen LogP contribution in [-0.4, -0.2) is 42.8 Å². The van der Waals surface area contributed by atoms with Crippen molar-refractivity contribution in [3.8, 4) is 0 Å². The summed E-state index contributed by atoms with van der Waals surface area (Å²) in [6.07, 6.45) is 3.14. The van der Waals surface area contributed by atoms with Crippen molar-refractivity contribution in [2.24, 2.45) is 0 Å². The van der Waals surface area contributed by atoms with Gasteiger partial charge in [0, 0.05) is 25.0 Å². The number of hydrogen-bond donors (Lipinski definition) is 0. The molecule has 18 heavy (non-hydrogen) atoms. The molecule has 4 nitrogen and oxygen atoms in total. The summed E-state index contributed by atoms with van der Waals surface area (Å²) < 4.78 is 25.9. The highest BCUT2D eigenvalue weighted by Gasteiger charge is 2.26. The van der Waals surface area contributed by atoms with E-state index in [2.05, 4.69) is 4.98 Å². The van der Waals surface area contributed by atoms with Crippen molar-refractivity contribution in [1.82, 2.24) is 9.29 Å². The second kappa shape index (κ2) is 6.43. The summed E-state index contributed by atoms with van der Waals surface area (Å²) in [7, 11) is -2.04. The molecule has 1 unspecified atom stereocenters. The Bertz CT molecular complexity index is 523. The normalized spacial score (nSPS) is 13.9. The lowest BCUT2D eigenvalue weighted by Crippen LogP contribution is -2.36. The first-order valence-electron chi connectivity index (χ1n) is 5.08. The first-order chi connectivity index (χ1) is 8.30. The quantitative estimate of drug-likeness (QED) is 0.780. The molecule has 1 rings (SSSR count). The Morgan fingerprint density at radius 2 is 2.11 bits per heavy atom. The maximum absolute atomic E-state index is 12.3. The Labute approximate surface area is 122 Å². The summed E-state index contributed by atoms with van der Waals surface area (Å²) in [4.78, 5) is 3.80. The first kappa shape index (κ1) is 16.0. The van der Waals surface area contributed by atoms with Gasteiger partial charge in [-0.05, 0) is 19.2 Å². The molecule has 0 saturated heterocycles. The average Bonchev–Trinajstić information content (AvgIpc) is 2.31. The summed E-state index contributed by atoms with van der Waals surface area (Å²) in [6, 6.07) is 1.20. The Morgan fingerprint density at radius 1 is 1.50 bits per heavy atom. The fourth-order valence-corrected chi connectivity index (χ4v) is 3.76. The molecule has 0 N–H and O–H groups in total. The SMILES string of the molecule is CSCC(C)N(C)S(=O)(=O)c1cnc(Cl)c(Cl)c1. The minimum atomic E-state index is -3.59. The Morgan fingerprint density at radius 3 is 2.61 bits per heavy atom. The second-order valence-corrected chi connectivity index (χ2v) is 7.44. The van der Waals surface area contributed by atoms with E-state index in [0.717, 1.165) is 0 Å². The van der Waals surface area contributed by atoms with Crippen LogP contribution in [0.15, 0.2) is 17.2 Å². The van der Waals surface area contributed by atoms with E-state index in [-0.39, 0.29) is 21.1 Å². The predicted molar refractivity (Wildman–Crippen MR) is 77.0 cm³/mol. The number of halogens is 2. The van der Waals surface area contributed by atoms with Crippen LogP contribution in [0.3, 0.4) is 0 Å². The van der Waals surface area contributed by atoms with E-state index in [0.29, 0.717) is 5.75 Å². The van der Waals surface area contributed by atoms with Crippen LogP contribution in [0.4, 0.5) is 0 Å². The van der Waals surface area contributed by atoms with E-state index < -0.39 is 10.0 Å². The van der Waals surface area contributed by atoms with Crippen molar-refractivity contribution in [3.63, 3.8) is 0 Å². The number of rotatable bonds is 5. The monoisotopic (exact) mass is 328 g/mol. The number of thioether (sulfide) groups is 1. The van der Waals surface area contributed by atoms with Crippen molar-refractivity contribution < 1.29 is 8.42 Å². The summed E-state index contributed by atoms with van der Waals surface area (Å²) in [6.45, 7) is 1.85. The minimum Gasteiger partial charge on any atom is -0.242 e. The van der Waals surface area contributed by atoms with Gasteiger partial charge < -0.3 is 0 Å². The molecule has 0 fully saturated rings. The molecule has 0 spiro atoms. The van der Waals surface area contributed by atoms with Crippen molar-refractivity contribution in [1.29, 1.82) is 0 Å². The third kappa shape index (κ3) is 3.51. The first-order valence-corrected chi connectivity index (χ1v) is 8.67. The second-order valence-electron chi connectivity index (χ2n) is 3.77. The third-order valence-electron chi connectivity index (χ3n) is 2.48. The van der Waals surface area contributed by atoms with Gasteiger partial charge >= 0.3 is 0 Å². The smallest absolute Gasteiger partial charge is 0.242 e. The molecular weight excluding hydrogens is 315 g/mol. The zero-order chi connectivity index (χ0) is 13.9. The van der Waals surface area contributed by atoms with Crippen LogP contribution >= 0.6 is 35.0 Å². The molecule has 0 radical (unpaired) electrons. The van der Waals surface area contributed by atoms with E-state index in [1.807, 2.05) is 13.2 Å². The van der Waals surface area contributed by atoms with E-state index >= 15 is 0 Å². The number of sulfonamides is 1. The van der Waals surface area contributed by atoms with Crippen LogP contribution in [0.5, 0.6) is 0 Å².